The summed E-state index contributed by atoms with van der Waals surface area (Å²) in [7, 11) is 0. The quantitative estimate of drug-likeness (QED) is 0.807. The van der Waals surface area contributed by atoms with Crippen LogP contribution in [0.25, 0.3) is 0 Å². The Hall–Kier alpha value is -0.580. The minimum Gasteiger partial charge on any atom is -0.452 e. The van der Waals surface area contributed by atoms with Crippen LogP contribution in [0.2, 0.25) is 0 Å². The van der Waals surface area contributed by atoms with Crippen LogP contribution < -0.4 is 5.32 Å². The number of hydrogen-bond donors (Lipinski definition) is 1. The van der Waals surface area contributed by atoms with Gasteiger partial charge in [-0.1, -0.05) is 24.3 Å². The third-order valence-corrected chi connectivity index (χ3v) is 5.30. The van der Waals surface area contributed by atoms with Crippen LogP contribution in [0.15, 0.2) is 43.9 Å². The van der Waals surface area contributed by atoms with Crippen molar-refractivity contribution >= 4 is 31.9 Å². The zero-order valence-corrected chi connectivity index (χ0v) is 13.6. The molecule has 2 aromatic rings. The first-order valence-electron chi connectivity index (χ1n) is 6.49. The second-order valence-corrected chi connectivity index (χ2v) is 6.43. The van der Waals surface area contributed by atoms with Gasteiger partial charge in [0.1, 0.15) is 5.76 Å². The molecule has 0 bridgehead atoms. The van der Waals surface area contributed by atoms with E-state index in [4.69, 9.17) is 4.42 Å². The number of hydrogen-bond acceptors (Lipinski definition) is 2. The van der Waals surface area contributed by atoms with Gasteiger partial charge in [0, 0.05) is 6.04 Å². The van der Waals surface area contributed by atoms with Crippen LogP contribution in [0.4, 0.5) is 0 Å². The van der Waals surface area contributed by atoms with Gasteiger partial charge in [-0.15, -0.1) is 0 Å². The molecule has 1 atom stereocenters. The zero-order chi connectivity index (χ0) is 13.2. The molecule has 3 rings (SSSR count). The van der Waals surface area contributed by atoms with Gasteiger partial charge in [-0.25, -0.2) is 0 Å². The molecule has 2 nitrogen and oxygen atoms in total. The minimum absolute atomic E-state index is 0.438. The van der Waals surface area contributed by atoms with Crippen LogP contribution in [0, 0.1) is 0 Å². The molecule has 0 saturated carbocycles. The summed E-state index contributed by atoms with van der Waals surface area (Å²) in [5.74, 6) is 0.946. The summed E-state index contributed by atoms with van der Waals surface area (Å²) in [6.07, 6.45) is 3.65. The predicted octanol–water partition coefficient (Wildman–Crippen LogP) is 4.97. The molecule has 19 heavy (non-hydrogen) atoms. The molecule has 0 fully saturated rings. The number of benzene rings is 1. The Bertz CT molecular complexity index is 560. The van der Waals surface area contributed by atoms with E-state index in [0.29, 0.717) is 6.04 Å². The highest BCUT2D eigenvalue weighted by Gasteiger charge is 2.19. The molecule has 0 aliphatic heterocycles. The van der Waals surface area contributed by atoms with E-state index in [0.717, 1.165) is 21.4 Å². The topological polar surface area (TPSA) is 25.2 Å². The maximum atomic E-state index is 5.60. The molecule has 0 spiro atoms. The van der Waals surface area contributed by atoms with Gasteiger partial charge in [0.05, 0.1) is 11.0 Å². The lowest BCUT2D eigenvalue weighted by atomic mass is 9.88. The summed E-state index contributed by atoms with van der Waals surface area (Å²) < 4.78 is 7.32. The molecule has 1 unspecified atom stereocenters. The molecule has 0 radical (unpaired) electrons. The molecular weight excluding hydrogens is 370 g/mol. The highest BCUT2D eigenvalue weighted by Crippen LogP contribution is 2.31. The molecule has 1 aliphatic rings. The van der Waals surface area contributed by atoms with E-state index in [1.807, 2.05) is 6.07 Å². The summed E-state index contributed by atoms with van der Waals surface area (Å²) in [5.41, 5.74) is 2.92. The lowest BCUT2D eigenvalue weighted by Crippen LogP contribution is -2.24. The Morgan fingerprint density at radius 2 is 2.11 bits per heavy atom. The maximum absolute atomic E-state index is 5.60. The van der Waals surface area contributed by atoms with Gasteiger partial charge >= 0.3 is 0 Å². The first kappa shape index (κ1) is 13.4. The van der Waals surface area contributed by atoms with E-state index >= 15 is 0 Å². The minimum atomic E-state index is 0.438. The lowest BCUT2D eigenvalue weighted by Gasteiger charge is -2.26. The fourth-order valence-electron chi connectivity index (χ4n) is 2.67. The van der Waals surface area contributed by atoms with Gasteiger partial charge in [-0.3, -0.25) is 0 Å². The smallest absolute Gasteiger partial charge is 0.183 e. The normalized spacial score (nSPS) is 18.3. The van der Waals surface area contributed by atoms with Crippen molar-refractivity contribution in [1.29, 1.82) is 0 Å². The first-order valence-corrected chi connectivity index (χ1v) is 8.07. The highest BCUT2D eigenvalue weighted by atomic mass is 79.9. The molecule has 1 aliphatic carbocycles. The number of fused-ring (bicyclic) bond motifs is 1. The molecule has 1 N–H and O–H groups in total. The third-order valence-electron chi connectivity index (χ3n) is 3.59. The van der Waals surface area contributed by atoms with Crippen molar-refractivity contribution in [3.63, 3.8) is 0 Å². The van der Waals surface area contributed by atoms with E-state index in [2.05, 4.69) is 61.4 Å². The van der Waals surface area contributed by atoms with Crippen LogP contribution in [-0.2, 0) is 13.0 Å². The van der Waals surface area contributed by atoms with Crippen LogP contribution in [-0.4, -0.2) is 0 Å². The van der Waals surface area contributed by atoms with E-state index < -0.39 is 0 Å². The van der Waals surface area contributed by atoms with Gasteiger partial charge in [0.15, 0.2) is 4.67 Å². The fourth-order valence-corrected chi connectivity index (χ4v) is 3.33. The summed E-state index contributed by atoms with van der Waals surface area (Å²) >= 11 is 6.81. The maximum Gasteiger partial charge on any atom is 0.183 e. The van der Waals surface area contributed by atoms with Crippen molar-refractivity contribution in [2.45, 2.75) is 31.8 Å². The molecule has 1 aromatic heterocycles. The van der Waals surface area contributed by atoms with Crippen molar-refractivity contribution in [1.82, 2.24) is 5.32 Å². The lowest BCUT2D eigenvalue weighted by molar-refractivity contribution is 0.410. The van der Waals surface area contributed by atoms with E-state index in [-0.39, 0.29) is 0 Å². The molecule has 0 saturated heterocycles. The molecule has 100 valence electrons. The van der Waals surface area contributed by atoms with Crippen LogP contribution in [0.3, 0.4) is 0 Å². The Morgan fingerprint density at radius 1 is 1.26 bits per heavy atom. The zero-order valence-electron chi connectivity index (χ0n) is 10.5. The largest absolute Gasteiger partial charge is 0.452 e. The average molecular weight is 385 g/mol. The third kappa shape index (κ3) is 2.96. The summed E-state index contributed by atoms with van der Waals surface area (Å²) in [6, 6.07) is 11.2. The second-order valence-electron chi connectivity index (χ2n) is 4.86. The number of aryl methyl sites for hydroxylation is 1. The highest BCUT2D eigenvalue weighted by molar-refractivity contribution is 9.13. The Labute approximate surface area is 129 Å². The monoisotopic (exact) mass is 383 g/mol. The Morgan fingerprint density at radius 3 is 2.89 bits per heavy atom. The molecule has 4 heteroatoms. The Balaban J connectivity index is 1.71. The fraction of sp³-hybridized carbons (Fsp3) is 0.333. The van der Waals surface area contributed by atoms with E-state index in [9.17, 15) is 0 Å². The summed E-state index contributed by atoms with van der Waals surface area (Å²) in [6.45, 7) is 0.753. The van der Waals surface area contributed by atoms with E-state index in [1.165, 1.54) is 30.4 Å². The number of rotatable bonds is 3. The summed E-state index contributed by atoms with van der Waals surface area (Å²) in [4.78, 5) is 0. The van der Waals surface area contributed by atoms with Crippen LogP contribution in [0.1, 0.15) is 35.8 Å². The Kier molecular flexibility index (Phi) is 4.10. The van der Waals surface area contributed by atoms with Crippen molar-refractivity contribution in [3.05, 3.63) is 56.4 Å². The van der Waals surface area contributed by atoms with E-state index in [1.54, 1.807) is 0 Å². The van der Waals surface area contributed by atoms with Gasteiger partial charge < -0.3 is 9.73 Å². The van der Waals surface area contributed by atoms with Crippen molar-refractivity contribution in [2.75, 3.05) is 0 Å². The van der Waals surface area contributed by atoms with Gasteiger partial charge in [0.2, 0.25) is 0 Å². The van der Waals surface area contributed by atoms with Crippen molar-refractivity contribution < 1.29 is 4.42 Å². The SMILES string of the molecule is Brc1cc(CNC2CCCc3ccccc32)oc1Br. The second kappa shape index (κ2) is 5.81. The standard InChI is InChI=1S/C15H15Br2NO/c16-13-8-11(19-15(13)17)9-18-14-7-3-5-10-4-1-2-6-12(10)14/h1-2,4,6,8,14,18H,3,5,7,9H2. The molecule has 1 aromatic carbocycles. The first-order chi connectivity index (χ1) is 9.24. The number of halogens is 2. The van der Waals surface area contributed by atoms with Gasteiger partial charge in [-0.05, 0) is 68.3 Å². The molecule has 0 amide bonds. The summed E-state index contributed by atoms with van der Waals surface area (Å²) in [5, 5.41) is 3.60. The van der Waals surface area contributed by atoms with Crippen molar-refractivity contribution in [3.8, 4) is 0 Å². The van der Waals surface area contributed by atoms with Gasteiger partial charge in [0.25, 0.3) is 0 Å². The average Bonchev–Trinajstić information content (AvgIpc) is 2.75. The predicted molar refractivity (Wildman–Crippen MR) is 83.1 cm³/mol. The van der Waals surface area contributed by atoms with Crippen molar-refractivity contribution in [2.24, 2.45) is 0 Å². The molecular formula is C15H15Br2NO. The van der Waals surface area contributed by atoms with Crippen LogP contribution in [0.5, 0.6) is 0 Å². The molecule has 1 heterocycles. The number of nitrogens with one attached hydrogen (secondary N) is 1. The number of furan rings is 1. The van der Waals surface area contributed by atoms with Gasteiger partial charge in [-0.2, -0.15) is 0 Å². The van der Waals surface area contributed by atoms with Crippen LogP contribution >= 0.6 is 31.9 Å².